The maximum Gasteiger partial charge on any atom is 0.150 e. The van der Waals surface area contributed by atoms with E-state index < -0.39 is 9.84 Å². The van der Waals surface area contributed by atoms with Crippen molar-refractivity contribution in [2.45, 2.75) is 72.1 Å². The number of rotatable bonds is 10. The summed E-state index contributed by atoms with van der Waals surface area (Å²) in [5.41, 5.74) is 0. The fourth-order valence-corrected chi connectivity index (χ4v) is 3.09. The topological polar surface area (TPSA) is 54.4 Å². The molecule has 4 heteroatoms. The second-order valence-electron chi connectivity index (χ2n) is 4.59. The minimum atomic E-state index is -2.74. The van der Waals surface area contributed by atoms with E-state index in [1.807, 2.05) is 0 Å². The molecule has 0 rings (SSSR count). The van der Waals surface area contributed by atoms with Crippen LogP contribution < -0.4 is 0 Å². The summed E-state index contributed by atoms with van der Waals surface area (Å²) < 4.78 is 23.1. The van der Waals surface area contributed by atoms with Gasteiger partial charge in [-0.15, -0.1) is 0 Å². The molecule has 0 aliphatic rings. The molecule has 0 heterocycles. The van der Waals surface area contributed by atoms with Gasteiger partial charge in [-0.3, -0.25) is 0 Å². The fourth-order valence-electron chi connectivity index (χ4n) is 1.60. The molecule has 3 nitrogen and oxygen atoms in total. The van der Waals surface area contributed by atoms with Crippen LogP contribution in [0.25, 0.3) is 0 Å². The SMILES string of the molecule is CCCCCCS(=O)(=O)CCCCCC.CCO. The molecule has 0 radical (unpaired) electrons. The van der Waals surface area contributed by atoms with E-state index in [-0.39, 0.29) is 6.61 Å². The molecule has 1 N–H and O–H groups in total. The van der Waals surface area contributed by atoms with E-state index in [0.29, 0.717) is 11.5 Å². The Morgan fingerprint density at radius 3 is 1.33 bits per heavy atom. The van der Waals surface area contributed by atoms with Crippen LogP contribution in [0.3, 0.4) is 0 Å². The highest BCUT2D eigenvalue weighted by atomic mass is 32.2. The van der Waals surface area contributed by atoms with Gasteiger partial charge in [0.25, 0.3) is 0 Å². The monoisotopic (exact) mass is 280 g/mol. The van der Waals surface area contributed by atoms with Crippen molar-refractivity contribution in [1.82, 2.24) is 0 Å². The van der Waals surface area contributed by atoms with E-state index in [1.165, 1.54) is 0 Å². The summed E-state index contributed by atoms with van der Waals surface area (Å²) in [4.78, 5) is 0. The molecule has 18 heavy (non-hydrogen) atoms. The fraction of sp³-hybridized carbons (Fsp3) is 1.00. The molecule has 0 saturated heterocycles. The molecular weight excluding hydrogens is 248 g/mol. The molecule has 0 unspecified atom stereocenters. The Hall–Kier alpha value is -0.0900. The van der Waals surface area contributed by atoms with Gasteiger partial charge in [0.05, 0.1) is 11.5 Å². The molecule has 0 atom stereocenters. The number of unbranched alkanes of at least 4 members (excludes halogenated alkanes) is 6. The van der Waals surface area contributed by atoms with Gasteiger partial charge in [0.1, 0.15) is 9.84 Å². The van der Waals surface area contributed by atoms with Gasteiger partial charge in [-0.05, 0) is 19.8 Å². The van der Waals surface area contributed by atoms with Crippen LogP contribution in [0.4, 0.5) is 0 Å². The first-order valence-corrected chi connectivity index (χ1v) is 9.17. The van der Waals surface area contributed by atoms with E-state index >= 15 is 0 Å². The summed E-state index contributed by atoms with van der Waals surface area (Å²) in [5, 5.41) is 7.57. The first-order valence-electron chi connectivity index (χ1n) is 7.35. The van der Waals surface area contributed by atoms with Crippen LogP contribution >= 0.6 is 0 Å². The quantitative estimate of drug-likeness (QED) is 0.622. The number of sulfone groups is 1. The lowest BCUT2D eigenvalue weighted by Crippen LogP contribution is -2.11. The zero-order chi connectivity index (χ0) is 14.3. The third-order valence-electron chi connectivity index (χ3n) is 2.62. The molecule has 112 valence electrons. The summed E-state index contributed by atoms with van der Waals surface area (Å²) >= 11 is 0. The summed E-state index contributed by atoms with van der Waals surface area (Å²) in [5.74, 6) is 0.804. The molecule has 0 aliphatic heterocycles. The summed E-state index contributed by atoms with van der Waals surface area (Å²) in [6, 6.07) is 0. The van der Waals surface area contributed by atoms with Crippen molar-refractivity contribution in [3.05, 3.63) is 0 Å². The van der Waals surface area contributed by atoms with Gasteiger partial charge >= 0.3 is 0 Å². The average Bonchev–Trinajstić information content (AvgIpc) is 2.32. The summed E-state index contributed by atoms with van der Waals surface area (Å²) in [6.07, 6.45) is 8.47. The highest BCUT2D eigenvalue weighted by molar-refractivity contribution is 7.91. The van der Waals surface area contributed by atoms with E-state index in [2.05, 4.69) is 13.8 Å². The van der Waals surface area contributed by atoms with Crippen LogP contribution in [0.1, 0.15) is 72.1 Å². The Bertz CT molecular complexity index is 217. The Labute approximate surface area is 114 Å². The predicted octanol–water partition coefficient (Wildman–Crippen LogP) is 3.56. The van der Waals surface area contributed by atoms with Crippen molar-refractivity contribution in [3.8, 4) is 0 Å². The zero-order valence-corrected chi connectivity index (χ0v) is 13.3. The number of hydrogen-bond donors (Lipinski definition) is 1. The highest BCUT2D eigenvalue weighted by Gasteiger charge is 2.09. The van der Waals surface area contributed by atoms with Crippen LogP contribution in [0.5, 0.6) is 0 Å². The van der Waals surface area contributed by atoms with Gasteiger partial charge in [0, 0.05) is 6.61 Å². The van der Waals surface area contributed by atoms with Crippen molar-refractivity contribution in [2.24, 2.45) is 0 Å². The van der Waals surface area contributed by atoms with E-state index in [4.69, 9.17) is 5.11 Å². The van der Waals surface area contributed by atoms with Gasteiger partial charge < -0.3 is 5.11 Å². The smallest absolute Gasteiger partial charge is 0.150 e. The van der Waals surface area contributed by atoms with Crippen LogP contribution in [-0.4, -0.2) is 31.6 Å². The summed E-state index contributed by atoms with van der Waals surface area (Å²) in [6.45, 7) is 6.21. The van der Waals surface area contributed by atoms with Crippen molar-refractivity contribution in [2.75, 3.05) is 18.1 Å². The number of aliphatic hydroxyl groups is 1. The largest absolute Gasteiger partial charge is 0.397 e. The average molecular weight is 280 g/mol. The zero-order valence-electron chi connectivity index (χ0n) is 12.5. The number of hydrogen-bond acceptors (Lipinski definition) is 3. The van der Waals surface area contributed by atoms with Crippen molar-refractivity contribution < 1.29 is 13.5 Å². The Kier molecular flexibility index (Phi) is 16.8. The van der Waals surface area contributed by atoms with Crippen LogP contribution in [0.2, 0.25) is 0 Å². The molecule has 0 fully saturated rings. The minimum absolute atomic E-state index is 0.250. The molecular formula is C14H32O3S. The van der Waals surface area contributed by atoms with Gasteiger partial charge in [-0.1, -0.05) is 52.4 Å². The molecule has 0 spiro atoms. The molecule has 0 bridgehead atoms. The Morgan fingerprint density at radius 2 is 1.06 bits per heavy atom. The first-order chi connectivity index (χ1) is 8.54. The van der Waals surface area contributed by atoms with Gasteiger partial charge in [-0.2, -0.15) is 0 Å². The van der Waals surface area contributed by atoms with Crippen molar-refractivity contribution in [1.29, 1.82) is 0 Å². The van der Waals surface area contributed by atoms with Gasteiger partial charge in [0.2, 0.25) is 0 Å². The molecule has 0 aliphatic carbocycles. The lowest BCUT2D eigenvalue weighted by molar-refractivity contribution is 0.318. The molecule has 0 aromatic heterocycles. The summed E-state index contributed by atoms with van der Waals surface area (Å²) in [7, 11) is -2.74. The first kappa shape index (κ1) is 20.2. The van der Waals surface area contributed by atoms with Crippen molar-refractivity contribution >= 4 is 9.84 Å². The normalized spacial score (nSPS) is 10.9. The van der Waals surface area contributed by atoms with Gasteiger partial charge in [-0.25, -0.2) is 8.42 Å². The Morgan fingerprint density at radius 1 is 0.722 bits per heavy atom. The van der Waals surface area contributed by atoms with E-state index in [0.717, 1.165) is 51.4 Å². The van der Waals surface area contributed by atoms with E-state index in [1.54, 1.807) is 6.92 Å². The predicted molar refractivity (Wildman–Crippen MR) is 79.7 cm³/mol. The van der Waals surface area contributed by atoms with Crippen LogP contribution in [0, 0.1) is 0 Å². The lowest BCUT2D eigenvalue weighted by atomic mass is 10.2. The maximum absolute atomic E-state index is 11.6. The maximum atomic E-state index is 11.6. The third-order valence-corrected chi connectivity index (χ3v) is 4.44. The molecule has 0 saturated carbocycles. The molecule has 0 amide bonds. The third kappa shape index (κ3) is 18.3. The second kappa shape index (κ2) is 15.0. The van der Waals surface area contributed by atoms with E-state index in [9.17, 15) is 8.42 Å². The number of aliphatic hydroxyl groups excluding tert-OH is 1. The standard InChI is InChI=1S/C12H26O2S.C2H6O/c1-3-5-7-9-11-15(13,14)12-10-8-6-4-2;1-2-3/h3-12H2,1-2H3;3H,2H2,1H3. The van der Waals surface area contributed by atoms with Crippen LogP contribution in [0.15, 0.2) is 0 Å². The lowest BCUT2D eigenvalue weighted by Gasteiger charge is -2.03. The van der Waals surface area contributed by atoms with Gasteiger partial charge in [0.15, 0.2) is 0 Å². The Balaban J connectivity index is 0. The second-order valence-corrected chi connectivity index (χ2v) is 6.89. The van der Waals surface area contributed by atoms with Crippen molar-refractivity contribution in [3.63, 3.8) is 0 Å². The highest BCUT2D eigenvalue weighted by Crippen LogP contribution is 2.06. The molecule has 0 aromatic carbocycles. The molecule has 0 aromatic rings. The minimum Gasteiger partial charge on any atom is -0.397 e. The van der Waals surface area contributed by atoms with Crippen LogP contribution in [-0.2, 0) is 9.84 Å².